The molecule has 0 aliphatic rings. The highest BCUT2D eigenvalue weighted by molar-refractivity contribution is 5.48. The third-order valence-corrected chi connectivity index (χ3v) is 3.16. The van der Waals surface area contributed by atoms with Gasteiger partial charge < -0.3 is 10.1 Å². The minimum absolute atomic E-state index is 0.210. The van der Waals surface area contributed by atoms with Crippen LogP contribution in [-0.4, -0.2) is 6.10 Å². The van der Waals surface area contributed by atoms with Gasteiger partial charge in [0, 0.05) is 18.3 Å². The van der Waals surface area contributed by atoms with Crippen LogP contribution in [0.2, 0.25) is 0 Å². The molecule has 0 amide bonds. The molecular formula is C17H20FNO. The fourth-order valence-corrected chi connectivity index (χ4v) is 1.80. The molecule has 0 saturated heterocycles. The maximum Gasteiger partial charge on any atom is 0.123 e. The normalized spacial score (nSPS) is 11.9. The molecule has 2 aromatic rings. The second-order valence-electron chi connectivity index (χ2n) is 4.84. The minimum Gasteiger partial charge on any atom is -0.491 e. The average Bonchev–Trinajstić information content (AvgIpc) is 2.47. The first-order chi connectivity index (χ1) is 9.67. The molecule has 1 N–H and O–H groups in total. The Balaban J connectivity index is 1.95. The lowest BCUT2D eigenvalue weighted by atomic mass is 10.2. The summed E-state index contributed by atoms with van der Waals surface area (Å²) in [4.78, 5) is 0. The summed E-state index contributed by atoms with van der Waals surface area (Å²) in [7, 11) is 0. The molecule has 0 bridgehead atoms. The highest BCUT2D eigenvalue weighted by atomic mass is 19.1. The van der Waals surface area contributed by atoms with Crippen LogP contribution in [0.25, 0.3) is 0 Å². The van der Waals surface area contributed by atoms with E-state index in [1.807, 2.05) is 24.3 Å². The zero-order chi connectivity index (χ0) is 14.4. The first-order valence-electron chi connectivity index (χ1n) is 6.92. The van der Waals surface area contributed by atoms with Crippen molar-refractivity contribution in [2.24, 2.45) is 0 Å². The molecule has 0 fully saturated rings. The molecular weight excluding hydrogens is 253 g/mol. The molecule has 0 aromatic heterocycles. The molecule has 0 aliphatic carbocycles. The first kappa shape index (κ1) is 14.4. The van der Waals surface area contributed by atoms with E-state index in [0.29, 0.717) is 6.54 Å². The molecule has 0 aliphatic heterocycles. The van der Waals surface area contributed by atoms with E-state index in [1.165, 1.54) is 12.1 Å². The zero-order valence-corrected chi connectivity index (χ0v) is 11.9. The summed E-state index contributed by atoms with van der Waals surface area (Å²) in [5.41, 5.74) is 2.04. The van der Waals surface area contributed by atoms with Gasteiger partial charge in [0.25, 0.3) is 0 Å². The molecule has 2 nitrogen and oxygen atoms in total. The van der Waals surface area contributed by atoms with Gasteiger partial charge in [0.2, 0.25) is 0 Å². The van der Waals surface area contributed by atoms with E-state index in [-0.39, 0.29) is 11.9 Å². The highest BCUT2D eigenvalue weighted by Crippen LogP contribution is 2.19. The molecule has 20 heavy (non-hydrogen) atoms. The third-order valence-electron chi connectivity index (χ3n) is 3.16. The Labute approximate surface area is 119 Å². The topological polar surface area (TPSA) is 21.3 Å². The number of ether oxygens (including phenoxy) is 1. The summed E-state index contributed by atoms with van der Waals surface area (Å²) in [5.74, 6) is 0.654. The Kier molecular flexibility index (Phi) is 4.99. The summed E-state index contributed by atoms with van der Waals surface area (Å²) >= 11 is 0. The van der Waals surface area contributed by atoms with E-state index in [4.69, 9.17) is 4.74 Å². The summed E-state index contributed by atoms with van der Waals surface area (Å²) in [6.45, 7) is 4.81. The van der Waals surface area contributed by atoms with Crippen LogP contribution < -0.4 is 10.1 Å². The van der Waals surface area contributed by atoms with Crippen molar-refractivity contribution in [3.63, 3.8) is 0 Å². The molecule has 3 heteroatoms. The fourth-order valence-electron chi connectivity index (χ4n) is 1.80. The van der Waals surface area contributed by atoms with Gasteiger partial charge in [-0.3, -0.25) is 0 Å². The first-order valence-corrected chi connectivity index (χ1v) is 6.92. The number of hydrogen-bond donors (Lipinski definition) is 1. The van der Waals surface area contributed by atoms with Crippen molar-refractivity contribution in [2.45, 2.75) is 32.9 Å². The molecule has 2 aromatic carbocycles. The van der Waals surface area contributed by atoms with Crippen LogP contribution in [0.15, 0.2) is 48.5 Å². The van der Waals surface area contributed by atoms with Crippen LogP contribution >= 0.6 is 0 Å². The number of benzene rings is 2. The maximum atomic E-state index is 12.8. The van der Waals surface area contributed by atoms with E-state index >= 15 is 0 Å². The molecule has 106 valence electrons. The van der Waals surface area contributed by atoms with Crippen LogP contribution in [0.4, 0.5) is 10.1 Å². The van der Waals surface area contributed by atoms with Crippen molar-refractivity contribution >= 4 is 5.69 Å². The Hall–Kier alpha value is -2.03. The van der Waals surface area contributed by atoms with E-state index in [9.17, 15) is 4.39 Å². The average molecular weight is 273 g/mol. The lowest BCUT2D eigenvalue weighted by Crippen LogP contribution is -2.09. The van der Waals surface area contributed by atoms with Crippen molar-refractivity contribution in [3.05, 3.63) is 59.9 Å². The molecule has 0 spiro atoms. The Morgan fingerprint density at radius 3 is 2.60 bits per heavy atom. The van der Waals surface area contributed by atoms with Gasteiger partial charge in [-0.05, 0) is 43.2 Å². The van der Waals surface area contributed by atoms with Crippen LogP contribution in [0, 0.1) is 5.82 Å². The third kappa shape index (κ3) is 4.26. The van der Waals surface area contributed by atoms with Gasteiger partial charge >= 0.3 is 0 Å². The van der Waals surface area contributed by atoms with Gasteiger partial charge in [0.15, 0.2) is 0 Å². The van der Waals surface area contributed by atoms with Crippen LogP contribution in [0.3, 0.4) is 0 Å². The number of nitrogens with one attached hydrogen (secondary N) is 1. The molecule has 0 heterocycles. The molecule has 1 unspecified atom stereocenters. The smallest absolute Gasteiger partial charge is 0.123 e. The van der Waals surface area contributed by atoms with Gasteiger partial charge in [-0.2, -0.15) is 0 Å². The number of halogens is 1. The quantitative estimate of drug-likeness (QED) is 0.829. The lowest BCUT2D eigenvalue weighted by molar-refractivity contribution is 0.217. The van der Waals surface area contributed by atoms with Crippen molar-refractivity contribution < 1.29 is 9.13 Å². The lowest BCUT2D eigenvalue weighted by Gasteiger charge is -2.14. The van der Waals surface area contributed by atoms with Crippen molar-refractivity contribution in [2.75, 3.05) is 5.32 Å². The van der Waals surface area contributed by atoms with Crippen LogP contribution in [0.5, 0.6) is 5.75 Å². The number of anilines is 1. The summed E-state index contributed by atoms with van der Waals surface area (Å²) in [6.07, 6.45) is 1.19. The Morgan fingerprint density at radius 2 is 1.90 bits per heavy atom. The monoisotopic (exact) mass is 273 g/mol. The largest absolute Gasteiger partial charge is 0.491 e. The fraction of sp³-hybridized carbons (Fsp3) is 0.294. The van der Waals surface area contributed by atoms with Crippen molar-refractivity contribution in [3.8, 4) is 5.75 Å². The standard InChI is InChI=1S/C17H20FNO/c1-3-13(2)20-17-6-4-5-16(11-17)19-12-14-7-9-15(18)10-8-14/h4-11,13,19H,3,12H2,1-2H3. The van der Waals surface area contributed by atoms with Gasteiger partial charge in [-0.15, -0.1) is 0 Å². The minimum atomic E-state index is -0.210. The SMILES string of the molecule is CCC(C)Oc1cccc(NCc2ccc(F)cc2)c1. The van der Waals surface area contributed by atoms with Gasteiger partial charge in [-0.1, -0.05) is 25.1 Å². The second-order valence-corrected chi connectivity index (χ2v) is 4.84. The van der Waals surface area contributed by atoms with Gasteiger partial charge in [0.05, 0.1) is 6.10 Å². The predicted octanol–water partition coefficient (Wildman–Crippen LogP) is 4.62. The van der Waals surface area contributed by atoms with Gasteiger partial charge in [0.1, 0.15) is 11.6 Å². The highest BCUT2D eigenvalue weighted by Gasteiger charge is 2.02. The molecule has 0 saturated carbocycles. The Morgan fingerprint density at radius 1 is 1.15 bits per heavy atom. The van der Waals surface area contributed by atoms with E-state index in [1.54, 1.807) is 12.1 Å². The van der Waals surface area contributed by atoms with E-state index < -0.39 is 0 Å². The predicted molar refractivity (Wildman–Crippen MR) is 80.5 cm³/mol. The molecule has 0 radical (unpaired) electrons. The Bertz CT molecular complexity index is 539. The van der Waals surface area contributed by atoms with Crippen LogP contribution in [0.1, 0.15) is 25.8 Å². The van der Waals surface area contributed by atoms with E-state index in [2.05, 4.69) is 19.2 Å². The number of rotatable bonds is 6. The van der Waals surface area contributed by atoms with Crippen LogP contribution in [-0.2, 0) is 6.54 Å². The number of hydrogen-bond acceptors (Lipinski definition) is 2. The zero-order valence-electron chi connectivity index (χ0n) is 11.9. The summed E-state index contributed by atoms with van der Waals surface area (Å²) in [6, 6.07) is 14.4. The molecule has 1 atom stereocenters. The van der Waals surface area contributed by atoms with E-state index in [0.717, 1.165) is 23.4 Å². The van der Waals surface area contributed by atoms with Gasteiger partial charge in [-0.25, -0.2) is 4.39 Å². The van der Waals surface area contributed by atoms with Crippen molar-refractivity contribution in [1.82, 2.24) is 0 Å². The van der Waals surface area contributed by atoms with Crippen molar-refractivity contribution in [1.29, 1.82) is 0 Å². The summed E-state index contributed by atoms with van der Waals surface area (Å²) < 4.78 is 18.6. The molecule has 2 rings (SSSR count). The second kappa shape index (κ2) is 6.94. The summed E-state index contributed by atoms with van der Waals surface area (Å²) in [5, 5.41) is 3.31. The maximum absolute atomic E-state index is 12.8.